The van der Waals surface area contributed by atoms with E-state index < -0.39 is 18.0 Å². The van der Waals surface area contributed by atoms with Crippen molar-refractivity contribution >= 4 is 17.6 Å². The van der Waals surface area contributed by atoms with E-state index in [1.165, 1.54) is 0 Å². The number of carboxylic acids is 1. The van der Waals surface area contributed by atoms with E-state index in [1.807, 2.05) is 0 Å². The molecule has 0 fully saturated rings. The lowest BCUT2D eigenvalue weighted by Gasteiger charge is -2.24. The number of anilines is 1. The number of ether oxygens (including phenoxy) is 1. The van der Waals surface area contributed by atoms with Crippen molar-refractivity contribution in [3.8, 4) is 5.75 Å². The predicted molar refractivity (Wildman–Crippen MR) is 51.7 cm³/mol. The molecule has 0 aliphatic carbocycles. The van der Waals surface area contributed by atoms with E-state index in [0.29, 0.717) is 11.4 Å². The molecule has 1 aliphatic heterocycles. The minimum Gasteiger partial charge on any atom is -0.481 e. The van der Waals surface area contributed by atoms with Gasteiger partial charge in [-0.05, 0) is 12.1 Å². The lowest BCUT2D eigenvalue weighted by Crippen LogP contribution is -2.38. The van der Waals surface area contributed by atoms with Gasteiger partial charge < -0.3 is 15.2 Å². The first kappa shape index (κ1) is 9.51. The van der Waals surface area contributed by atoms with E-state index in [9.17, 15) is 9.59 Å². The van der Waals surface area contributed by atoms with Crippen molar-refractivity contribution < 1.29 is 19.4 Å². The minimum atomic E-state index is -1.06. The number of hydrogen-bond donors (Lipinski definition) is 2. The van der Waals surface area contributed by atoms with E-state index in [1.54, 1.807) is 24.3 Å². The third kappa shape index (κ3) is 1.90. The van der Waals surface area contributed by atoms with Crippen molar-refractivity contribution in [3.05, 3.63) is 24.3 Å². The van der Waals surface area contributed by atoms with Crippen molar-refractivity contribution in [2.45, 2.75) is 12.5 Å². The van der Waals surface area contributed by atoms with Gasteiger partial charge in [0.25, 0.3) is 5.91 Å². The molecule has 0 spiro atoms. The Balaban J connectivity index is 2.22. The summed E-state index contributed by atoms with van der Waals surface area (Å²) in [5.74, 6) is -0.978. The van der Waals surface area contributed by atoms with Crippen LogP contribution in [0.1, 0.15) is 6.42 Å². The third-order valence-corrected chi connectivity index (χ3v) is 2.07. The molecule has 1 aliphatic rings. The van der Waals surface area contributed by atoms with Crippen LogP contribution in [-0.2, 0) is 9.59 Å². The SMILES string of the molecule is O=C(O)C[C@H]1Oc2ccccc2NC1=O. The average Bonchev–Trinajstić information content (AvgIpc) is 2.18. The molecule has 0 aromatic heterocycles. The second kappa shape index (κ2) is 3.61. The Hall–Kier alpha value is -2.04. The molecule has 78 valence electrons. The molecule has 1 heterocycles. The Bertz CT molecular complexity index is 416. The summed E-state index contributed by atoms with van der Waals surface area (Å²) in [7, 11) is 0. The summed E-state index contributed by atoms with van der Waals surface area (Å²) < 4.78 is 5.26. The lowest BCUT2D eigenvalue weighted by molar-refractivity contribution is -0.142. The molecule has 5 heteroatoms. The van der Waals surface area contributed by atoms with Gasteiger partial charge in [0, 0.05) is 0 Å². The van der Waals surface area contributed by atoms with Gasteiger partial charge in [0.1, 0.15) is 5.75 Å². The number of carbonyl (C=O) groups is 2. The van der Waals surface area contributed by atoms with E-state index in [-0.39, 0.29) is 6.42 Å². The Morgan fingerprint density at radius 1 is 1.47 bits per heavy atom. The molecule has 1 aromatic rings. The second-order valence-corrected chi connectivity index (χ2v) is 3.19. The van der Waals surface area contributed by atoms with Crippen LogP contribution in [-0.4, -0.2) is 23.1 Å². The Morgan fingerprint density at radius 2 is 2.20 bits per heavy atom. The third-order valence-electron chi connectivity index (χ3n) is 2.07. The highest BCUT2D eigenvalue weighted by Crippen LogP contribution is 2.29. The fraction of sp³-hybridized carbons (Fsp3) is 0.200. The molecule has 15 heavy (non-hydrogen) atoms. The van der Waals surface area contributed by atoms with Crippen LogP contribution < -0.4 is 10.1 Å². The maximum atomic E-state index is 11.4. The predicted octanol–water partition coefficient (Wildman–Crippen LogP) is 0.861. The highest BCUT2D eigenvalue weighted by atomic mass is 16.5. The summed E-state index contributed by atoms with van der Waals surface area (Å²) >= 11 is 0. The molecule has 0 saturated carbocycles. The van der Waals surface area contributed by atoms with Crippen LogP contribution in [0.5, 0.6) is 5.75 Å². The van der Waals surface area contributed by atoms with Crippen LogP contribution in [0.4, 0.5) is 5.69 Å². The van der Waals surface area contributed by atoms with Gasteiger partial charge in [0.2, 0.25) is 0 Å². The van der Waals surface area contributed by atoms with E-state index in [2.05, 4.69) is 5.32 Å². The molecule has 0 bridgehead atoms. The lowest BCUT2D eigenvalue weighted by atomic mass is 10.2. The van der Waals surface area contributed by atoms with Crippen LogP contribution in [0.2, 0.25) is 0 Å². The summed E-state index contributed by atoms with van der Waals surface area (Å²) in [4.78, 5) is 21.9. The van der Waals surface area contributed by atoms with Gasteiger partial charge in [-0.2, -0.15) is 0 Å². The van der Waals surface area contributed by atoms with Gasteiger partial charge in [-0.1, -0.05) is 12.1 Å². The summed E-state index contributed by atoms with van der Waals surface area (Å²) in [5.41, 5.74) is 0.573. The van der Waals surface area contributed by atoms with Crippen molar-refractivity contribution in [2.24, 2.45) is 0 Å². The highest BCUT2D eigenvalue weighted by Gasteiger charge is 2.29. The minimum absolute atomic E-state index is 0.333. The quantitative estimate of drug-likeness (QED) is 0.754. The molecule has 0 saturated heterocycles. The number of rotatable bonds is 2. The topological polar surface area (TPSA) is 75.6 Å². The van der Waals surface area contributed by atoms with Crippen LogP contribution in [0.3, 0.4) is 0 Å². The van der Waals surface area contributed by atoms with Crippen LogP contribution in [0.25, 0.3) is 0 Å². The van der Waals surface area contributed by atoms with Crippen molar-refractivity contribution in [2.75, 3.05) is 5.32 Å². The zero-order valence-electron chi connectivity index (χ0n) is 7.77. The van der Waals surface area contributed by atoms with Gasteiger partial charge in [0.05, 0.1) is 12.1 Å². The zero-order valence-corrected chi connectivity index (χ0v) is 7.77. The summed E-state index contributed by atoms with van der Waals surface area (Å²) in [6.07, 6.45) is -1.28. The normalized spacial score (nSPS) is 18.7. The molecular formula is C10H9NO4. The van der Waals surface area contributed by atoms with Crippen LogP contribution in [0, 0.1) is 0 Å². The Kier molecular flexibility index (Phi) is 2.29. The van der Waals surface area contributed by atoms with Gasteiger partial charge in [-0.15, -0.1) is 0 Å². The second-order valence-electron chi connectivity index (χ2n) is 3.19. The van der Waals surface area contributed by atoms with E-state index in [4.69, 9.17) is 9.84 Å². The average molecular weight is 207 g/mol. The molecule has 2 rings (SSSR count). The fourth-order valence-electron chi connectivity index (χ4n) is 1.39. The number of carboxylic acid groups (broad SMARTS) is 1. The first-order valence-corrected chi connectivity index (χ1v) is 4.45. The largest absolute Gasteiger partial charge is 0.481 e. The standard InChI is InChI=1S/C10H9NO4/c12-9(13)5-8-10(14)11-6-3-1-2-4-7(6)15-8/h1-4,8H,5H2,(H,11,14)(H,12,13)/t8-/m1/s1. The number of para-hydroxylation sites is 2. The monoisotopic (exact) mass is 207 g/mol. The molecule has 0 unspecified atom stereocenters. The van der Waals surface area contributed by atoms with Crippen molar-refractivity contribution in [1.82, 2.24) is 0 Å². The van der Waals surface area contributed by atoms with Gasteiger partial charge >= 0.3 is 5.97 Å². The molecule has 5 nitrogen and oxygen atoms in total. The molecule has 1 aromatic carbocycles. The number of fused-ring (bicyclic) bond motifs is 1. The van der Waals surface area contributed by atoms with Gasteiger partial charge in [-0.25, -0.2) is 0 Å². The number of benzene rings is 1. The fourth-order valence-corrected chi connectivity index (χ4v) is 1.39. The number of aliphatic carboxylic acids is 1. The van der Waals surface area contributed by atoms with Crippen LogP contribution in [0.15, 0.2) is 24.3 Å². The molecular weight excluding hydrogens is 198 g/mol. The van der Waals surface area contributed by atoms with Crippen molar-refractivity contribution in [3.63, 3.8) is 0 Å². The molecule has 1 amide bonds. The maximum absolute atomic E-state index is 11.4. The highest BCUT2D eigenvalue weighted by molar-refractivity contribution is 5.99. The summed E-state index contributed by atoms with van der Waals surface area (Å²) in [5, 5.41) is 11.2. The summed E-state index contributed by atoms with van der Waals surface area (Å²) in [6.45, 7) is 0. The van der Waals surface area contributed by atoms with Crippen LogP contribution >= 0.6 is 0 Å². The Labute approximate surface area is 85.7 Å². The van der Waals surface area contributed by atoms with E-state index >= 15 is 0 Å². The molecule has 2 N–H and O–H groups in total. The number of amides is 1. The Morgan fingerprint density at radius 3 is 2.93 bits per heavy atom. The smallest absolute Gasteiger partial charge is 0.307 e. The van der Waals surface area contributed by atoms with Gasteiger partial charge in [-0.3, -0.25) is 9.59 Å². The summed E-state index contributed by atoms with van der Waals surface area (Å²) in [6, 6.07) is 6.90. The van der Waals surface area contributed by atoms with Crippen molar-refractivity contribution in [1.29, 1.82) is 0 Å². The molecule has 1 atom stereocenters. The number of nitrogens with one attached hydrogen (secondary N) is 1. The number of carbonyl (C=O) groups excluding carboxylic acids is 1. The first-order chi connectivity index (χ1) is 7.16. The maximum Gasteiger partial charge on any atom is 0.307 e. The number of hydrogen-bond acceptors (Lipinski definition) is 3. The molecule has 0 radical (unpaired) electrons. The van der Waals surface area contributed by atoms with E-state index in [0.717, 1.165) is 0 Å². The first-order valence-electron chi connectivity index (χ1n) is 4.45. The zero-order chi connectivity index (χ0) is 10.8. The van der Waals surface area contributed by atoms with Gasteiger partial charge in [0.15, 0.2) is 6.10 Å².